The number of rotatable bonds is 5. The molecule has 0 amide bonds. The number of piperidine rings is 1. The lowest BCUT2D eigenvalue weighted by atomic mass is 9.96. The van der Waals surface area contributed by atoms with E-state index in [1.54, 1.807) is 6.08 Å². The molecule has 22 heavy (non-hydrogen) atoms. The Morgan fingerprint density at radius 1 is 1.27 bits per heavy atom. The molecule has 1 heterocycles. The lowest BCUT2D eigenvalue weighted by Crippen LogP contribution is -2.36. The van der Waals surface area contributed by atoms with Crippen molar-refractivity contribution in [1.82, 2.24) is 0 Å². The number of carbonyl (C=O) groups is 2. The minimum Gasteiger partial charge on any atom is -0.478 e. The summed E-state index contributed by atoms with van der Waals surface area (Å²) in [6.07, 6.45) is 4.30. The first-order valence-corrected chi connectivity index (χ1v) is 7.53. The van der Waals surface area contributed by atoms with Gasteiger partial charge in [-0.2, -0.15) is 0 Å². The van der Waals surface area contributed by atoms with E-state index in [0.717, 1.165) is 43.3 Å². The number of anilines is 1. The number of carboxylic acid groups (broad SMARTS) is 1. The second kappa shape index (κ2) is 7.64. The van der Waals surface area contributed by atoms with Crippen LogP contribution in [0.1, 0.15) is 25.3 Å². The summed E-state index contributed by atoms with van der Waals surface area (Å²) in [7, 11) is 0. The fraction of sp³-hybridized carbons (Fsp3) is 0.412. The highest BCUT2D eigenvalue weighted by Gasteiger charge is 2.25. The van der Waals surface area contributed by atoms with Gasteiger partial charge in [0.1, 0.15) is 0 Å². The summed E-state index contributed by atoms with van der Waals surface area (Å²) >= 11 is 0. The normalized spacial score (nSPS) is 16.0. The summed E-state index contributed by atoms with van der Waals surface area (Å²) < 4.78 is 5.07. The second-order valence-electron chi connectivity index (χ2n) is 5.28. The number of carbonyl (C=O) groups excluding carboxylic acids is 1. The Bertz CT molecular complexity index is 542. The lowest BCUT2D eigenvalue weighted by Gasteiger charge is -2.32. The largest absolute Gasteiger partial charge is 0.478 e. The highest BCUT2D eigenvalue weighted by molar-refractivity contribution is 5.85. The molecule has 0 radical (unpaired) electrons. The van der Waals surface area contributed by atoms with Crippen LogP contribution in [0.15, 0.2) is 30.3 Å². The van der Waals surface area contributed by atoms with Gasteiger partial charge in [-0.05, 0) is 43.5 Å². The van der Waals surface area contributed by atoms with Gasteiger partial charge in [0.05, 0.1) is 12.5 Å². The van der Waals surface area contributed by atoms with Crippen molar-refractivity contribution < 1.29 is 19.4 Å². The van der Waals surface area contributed by atoms with Crippen molar-refractivity contribution in [2.24, 2.45) is 5.92 Å². The molecule has 1 aliphatic rings. The smallest absolute Gasteiger partial charge is 0.328 e. The first-order chi connectivity index (χ1) is 10.6. The quantitative estimate of drug-likeness (QED) is 0.669. The van der Waals surface area contributed by atoms with Gasteiger partial charge in [0.25, 0.3) is 0 Å². The van der Waals surface area contributed by atoms with Crippen molar-refractivity contribution in [3.8, 4) is 0 Å². The predicted molar refractivity (Wildman–Crippen MR) is 84.7 cm³/mol. The van der Waals surface area contributed by atoms with E-state index in [0.29, 0.717) is 6.61 Å². The molecule has 1 fully saturated rings. The summed E-state index contributed by atoms with van der Waals surface area (Å²) in [4.78, 5) is 24.4. The third-order valence-corrected chi connectivity index (χ3v) is 3.79. The molecule has 0 aromatic heterocycles. The van der Waals surface area contributed by atoms with Gasteiger partial charge in [-0.15, -0.1) is 0 Å². The van der Waals surface area contributed by atoms with Crippen molar-refractivity contribution in [1.29, 1.82) is 0 Å². The van der Waals surface area contributed by atoms with Gasteiger partial charge in [0.2, 0.25) is 0 Å². The molecule has 0 atom stereocenters. The fourth-order valence-corrected chi connectivity index (χ4v) is 2.60. The number of aliphatic carboxylic acids is 1. The van der Waals surface area contributed by atoms with E-state index >= 15 is 0 Å². The Morgan fingerprint density at radius 3 is 2.45 bits per heavy atom. The van der Waals surface area contributed by atoms with E-state index in [4.69, 9.17) is 9.84 Å². The molecule has 1 aliphatic heterocycles. The molecule has 118 valence electrons. The zero-order valence-electron chi connectivity index (χ0n) is 12.7. The van der Waals surface area contributed by atoms with Crippen molar-refractivity contribution in [3.63, 3.8) is 0 Å². The van der Waals surface area contributed by atoms with E-state index in [1.807, 2.05) is 31.2 Å². The molecule has 2 rings (SSSR count). The molecule has 5 nitrogen and oxygen atoms in total. The number of carboxylic acids is 1. The molecule has 1 saturated heterocycles. The van der Waals surface area contributed by atoms with Gasteiger partial charge in [-0.25, -0.2) is 4.79 Å². The second-order valence-corrected chi connectivity index (χ2v) is 5.28. The van der Waals surface area contributed by atoms with Crippen molar-refractivity contribution in [2.75, 3.05) is 24.6 Å². The molecular weight excluding hydrogens is 282 g/mol. The Balaban J connectivity index is 1.91. The third kappa shape index (κ3) is 4.35. The minimum absolute atomic E-state index is 0.00831. The van der Waals surface area contributed by atoms with Crippen LogP contribution in [0.3, 0.4) is 0 Å². The van der Waals surface area contributed by atoms with Gasteiger partial charge < -0.3 is 14.7 Å². The SMILES string of the molecule is CCOC(=O)C1CCN(c2ccc(/C=C/C(=O)O)cc2)CC1. The molecule has 0 unspecified atom stereocenters. The maximum atomic E-state index is 11.7. The van der Waals surface area contributed by atoms with Crippen molar-refractivity contribution >= 4 is 23.7 Å². The standard InChI is InChI=1S/C17H21NO4/c1-2-22-17(21)14-9-11-18(12-10-14)15-6-3-13(4-7-15)5-8-16(19)20/h3-8,14H,2,9-12H2,1H3,(H,19,20)/b8-5+. The fourth-order valence-electron chi connectivity index (χ4n) is 2.60. The lowest BCUT2D eigenvalue weighted by molar-refractivity contribution is -0.148. The van der Waals surface area contributed by atoms with Crippen LogP contribution >= 0.6 is 0 Å². The molecule has 0 spiro atoms. The van der Waals surface area contributed by atoms with Gasteiger partial charge in [-0.3, -0.25) is 4.79 Å². The number of benzene rings is 1. The van der Waals surface area contributed by atoms with Crippen LogP contribution in [0.4, 0.5) is 5.69 Å². The first-order valence-electron chi connectivity index (χ1n) is 7.53. The number of nitrogens with zero attached hydrogens (tertiary/aromatic N) is 1. The van der Waals surface area contributed by atoms with Gasteiger partial charge in [-0.1, -0.05) is 12.1 Å². The Kier molecular flexibility index (Phi) is 5.58. The molecule has 1 aromatic carbocycles. The van der Waals surface area contributed by atoms with E-state index < -0.39 is 5.97 Å². The van der Waals surface area contributed by atoms with Gasteiger partial charge in [0, 0.05) is 24.9 Å². The predicted octanol–water partition coefficient (Wildman–Crippen LogP) is 2.56. The number of esters is 1. The van der Waals surface area contributed by atoms with Crippen LogP contribution in [-0.4, -0.2) is 36.7 Å². The Morgan fingerprint density at radius 2 is 1.91 bits per heavy atom. The molecular formula is C17H21NO4. The third-order valence-electron chi connectivity index (χ3n) is 3.79. The van der Waals surface area contributed by atoms with E-state index in [2.05, 4.69) is 4.90 Å². The summed E-state index contributed by atoms with van der Waals surface area (Å²) in [5.74, 6) is -1.03. The van der Waals surface area contributed by atoms with Gasteiger partial charge in [0.15, 0.2) is 0 Å². The molecule has 0 aliphatic carbocycles. The van der Waals surface area contributed by atoms with Crippen LogP contribution in [-0.2, 0) is 14.3 Å². The van der Waals surface area contributed by atoms with Crippen LogP contribution < -0.4 is 4.90 Å². The maximum Gasteiger partial charge on any atom is 0.328 e. The Hall–Kier alpha value is -2.30. The minimum atomic E-state index is -0.954. The molecule has 0 saturated carbocycles. The Labute approximate surface area is 130 Å². The molecule has 0 bridgehead atoms. The first kappa shape index (κ1) is 16.1. The van der Waals surface area contributed by atoms with Crippen LogP contribution in [0.2, 0.25) is 0 Å². The van der Waals surface area contributed by atoms with Crippen LogP contribution in [0.5, 0.6) is 0 Å². The maximum absolute atomic E-state index is 11.7. The summed E-state index contributed by atoms with van der Waals surface area (Å²) in [6.45, 7) is 3.92. The highest BCUT2D eigenvalue weighted by Crippen LogP contribution is 2.24. The average Bonchev–Trinajstić information content (AvgIpc) is 2.54. The van der Waals surface area contributed by atoms with Gasteiger partial charge >= 0.3 is 11.9 Å². The zero-order valence-corrected chi connectivity index (χ0v) is 12.7. The van der Waals surface area contributed by atoms with E-state index in [9.17, 15) is 9.59 Å². The number of hydrogen-bond donors (Lipinski definition) is 1. The molecule has 5 heteroatoms. The van der Waals surface area contributed by atoms with E-state index in [1.165, 1.54) is 0 Å². The van der Waals surface area contributed by atoms with Crippen molar-refractivity contribution in [3.05, 3.63) is 35.9 Å². The summed E-state index contributed by atoms with van der Waals surface area (Å²) in [6, 6.07) is 7.75. The molecule has 1 N–H and O–H groups in total. The highest BCUT2D eigenvalue weighted by atomic mass is 16.5. The van der Waals surface area contributed by atoms with Crippen LogP contribution in [0.25, 0.3) is 6.08 Å². The monoisotopic (exact) mass is 303 g/mol. The zero-order chi connectivity index (χ0) is 15.9. The average molecular weight is 303 g/mol. The van der Waals surface area contributed by atoms with Crippen LogP contribution in [0, 0.1) is 5.92 Å². The van der Waals surface area contributed by atoms with E-state index in [-0.39, 0.29) is 11.9 Å². The summed E-state index contributed by atoms with van der Waals surface area (Å²) in [5.41, 5.74) is 1.95. The summed E-state index contributed by atoms with van der Waals surface area (Å²) in [5, 5.41) is 8.61. The number of ether oxygens (including phenoxy) is 1. The van der Waals surface area contributed by atoms with Crippen molar-refractivity contribution in [2.45, 2.75) is 19.8 Å². The molecule has 1 aromatic rings. The number of hydrogen-bond acceptors (Lipinski definition) is 4. The topological polar surface area (TPSA) is 66.8 Å².